The maximum atomic E-state index is 9.07. The van der Waals surface area contributed by atoms with E-state index in [-0.39, 0.29) is 6.10 Å². The lowest BCUT2D eigenvalue weighted by Gasteiger charge is -2.08. The monoisotopic (exact) mass is 211 g/mol. The first-order valence-corrected chi connectivity index (χ1v) is 5.56. The fraction of sp³-hybridized carbons (Fsp3) is 0.727. The van der Waals surface area contributed by atoms with Gasteiger partial charge in [-0.2, -0.15) is 5.10 Å². The highest BCUT2D eigenvalue weighted by Crippen LogP contribution is 2.08. The van der Waals surface area contributed by atoms with Crippen molar-refractivity contribution < 1.29 is 5.11 Å². The van der Waals surface area contributed by atoms with E-state index in [9.17, 15) is 0 Å². The summed E-state index contributed by atoms with van der Waals surface area (Å²) in [6.07, 6.45) is 2.79. The van der Waals surface area contributed by atoms with Crippen LogP contribution in [-0.4, -0.2) is 27.5 Å². The van der Waals surface area contributed by atoms with Gasteiger partial charge in [0.05, 0.1) is 11.8 Å². The number of aromatic nitrogens is 2. The molecule has 1 aromatic heterocycles. The van der Waals surface area contributed by atoms with E-state index < -0.39 is 0 Å². The summed E-state index contributed by atoms with van der Waals surface area (Å²) in [4.78, 5) is 0. The molecule has 4 heteroatoms. The van der Waals surface area contributed by atoms with Gasteiger partial charge in [-0.3, -0.25) is 4.68 Å². The molecule has 0 radical (unpaired) electrons. The van der Waals surface area contributed by atoms with E-state index >= 15 is 0 Å². The summed E-state index contributed by atoms with van der Waals surface area (Å²) in [7, 11) is 0. The van der Waals surface area contributed by atoms with E-state index in [0.29, 0.717) is 19.1 Å². The predicted octanol–water partition coefficient (Wildman–Crippen LogP) is 1.32. The van der Waals surface area contributed by atoms with E-state index in [4.69, 9.17) is 5.11 Å². The van der Waals surface area contributed by atoms with Gasteiger partial charge in [0.1, 0.15) is 0 Å². The molecule has 0 aliphatic heterocycles. The maximum absolute atomic E-state index is 9.07. The molecule has 4 nitrogen and oxygen atoms in total. The lowest BCUT2D eigenvalue weighted by atomic mass is 10.3. The smallest absolute Gasteiger partial charge is 0.0762 e. The lowest BCUT2D eigenvalue weighted by Crippen LogP contribution is -2.24. The van der Waals surface area contributed by atoms with Crippen LogP contribution < -0.4 is 5.32 Å². The topological polar surface area (TPSA) is 50.1 Å². The van der Waals surface area contributed by atoms with Crippen LogP contribution in [0.4, 0.5) is 0 Å². The van der Waals surface area contributed by atoms with Crippen LogP contribution in [0.5, 0.6) is 0 Å². The highest BCUT2D eigenvalue weighted by atomic mass is 16.3. The van der Waals surface area contributed by atoms with Crippen molar-refractivity contribution in [3.05, 3.63) is 18.0 Å². The van der Waals surface area contributed by atoms with Crippen LogP contribution in [0, 0.1) is 0 Å². The first-order chi connectivity index (χ1) is 7.13. The Hall–Kier alpha value is -0.870. The number of rotatable bonds is 6. The third-order valence-electron chi connectivity index (χ3n) is 2.45. The number of hydrogen-bond acceptors (Lipinski definition) is 3. The average Bonchev–Trinajstić information content (AvgIpc) is 2.65. The van der Waals surface area contributed by atoms with Crippen LogP contribution >= 0.6 is 0 Å². The molecule has 0 saturated carbocycles. The van der Waals surface area contributed by atoms with Crippen LogP contribution in [0.3, 0.4) is 0 Å². The zero-order valence-electron chi connectivity index (χ0n) is 9.77. The molecule has 0 bridgehead atoms. The molecule has 2 unspecified atom stereocenters. The second-order valence-corrected chi connectivity index (χ2v) is 4.02. The summed E-state index contributed by atoms with van der Waals surface area (Å²) in [6, 6.07) is 2.47. The predicted molar refractivity (Wildman–Crippen MR) is 60.6 cm³/mol. The van der Waals surface area contributed by atoms with Crippen molar-refractivity contribution in [1.29, 1.82) is 0 Å². The largest absolute Gasteiger partial charge is 0.392 e. The fourth-order valence-electron chi connectivity index (χ4n) is 1.31. The van der Waals surface area contributed by atoms with Gasteiger partial charge >= 0.3 is 0 Å². The van der Waals surface area contributed by atoms with Crippen molar-refractivity contribution in [3.63, 3.8) is 0 Å². The molecular formula is C11H21N3O. The molecule has 2 atom stereocenters. The van der Waals surface area contributed by atoms with E-state index in [1.54, 1.807) is 6.92 Å². The fourth-order valence-corrected chi connectivity index (χ4v) is 1.31. The summed E-state index contributed by atoms with van der Waals surface area (Å²) in [5, 5.41) is 16.7. The number of hydrogen-bond donors (Lipinski definition) is 2. The normalized spacial score (nSPS) is 15.2. The highest BCUT2D eigenvalue weighted by molar-refractivity contribution is 4.99. The zero-order chi connectivity index (χ0) is 11.3. The summed E-state index contributed by atoms with van der Waals surface area (Å²) in [5.74, 6) is 0. The molecule has 0 aromatic carbocycles. The molecule has 1 aromatic rings. The highest BCUT2D eigenvalue weighted by Gasteiger charge is 2.04. The van der Waals surface area contributed by atoms with E-state index in [0.717, 1.165) is 12.1 Å². The Kier molecular flexibility index (Phi) is 4.78. The third kappa shape index (κ3) is 4.01. The average molecular weight is 211 g/mol. The second kappa shape index (κ2) is 5.88. The summed E-state index contributed by atoms with van der Waals surface area (Å²) in [6.45, 7) is 7.40. The Labute approximate surface area is 91.3 Å². The van der Waals surface area contributed by atoms with Crippen molar-refractivity contribution in [2.75, 3.05) is 6.54 Å². The van der Waals surface area contributed by atoms with Crippen molar-refractivity contribution in [1.82, 2.24) is 15.1 Å². The van der Waals surface area contributed by atoms with Gasteiger partial charge in [-0.15, -0.1) is 0 Å². The first-order valence-electron chi connectivity index (χ1n) is 5.56. The Bertz CT molecular complexity index is 283. The minimum absolute atomic E-state index is 0.304. The SMILES string of the molecule is CCC(C)n1ccc(CNCC(C)O)n1. The molecule has 0 fully saturated rings. The molecule has 0 saturated heterocycles. The van der Waals surface area contributed by atoms with Gasteiger partial charge in [-0.1, -0.05) is 6.92 Å². The maximum Gasteiger partial charge on any atom is 0.0762 e. The number of nitrogens with zero attached hydrogens (tertiary/aromatic N) is 2. The Balaban J connectivity index is 2.39. The number of aliphatic hydroxyl groups is 1. The molecule has 1 heterocycles. The van der Waals surface area contributed by atoms with Crippen LogP contribution in [-0.2, 0) is 6.54 Å². The van der Waals surface area contributed by atoms with Gasteiger partial charge in [0, 0.05) is 25.3 Å². The molecule has 0 aliphatic carbocycles. The van der Waals surface area contributed by atoms with Gasteiger partial charge in [0.15, 0.2) is 0 Å². The molecule has 0 spiro atoms. The van der Waals surface area contributed by atoms with E-state index in [1.165, 1.54) is 0 Å². The van der Waals surface area contributed by atoms with Gasteiger partial charge < -0.3 is 10.4 Å². The van der Waals surface area contributed by atoms with Gasteiger partial charge in [0.2, 0.25) is 0 Å². The molecule has 0 amide bonds. The minimum atomic E-state index is -0.304. The van der Waals surface area contributed by atoms with Gasteiger partial charge in [-0.25, -0.2) is 0 Å². The Morgan fingerprint density at radius 1 is 1.53 bits per heavy atom. The van der Waals surface area contributed by atoms with Gasteiger partial charge in [0.25, 0.3) is 0 Å². The molecule has 1 rings (SSSR count). The van der Waals surface area contributed by atoms with Crippen LogP contribution in [0.1, 0.15) is 38.9 Å². The van der Waals surface area contributed by atoms with Crippen LogP contribution in [0.25, 0.3) is 0 Å². The minimum Gasteiger partial charge on any atom is -0.392 e. The molecule has 86 valence electrons. The Morgan fingerprint density at radius 3 is 2.87 bits per heavy atom. The second-order valence-electron chi connectivity index (χ2n) is 4.02. The zero-order valence-corrected chi connectivity index (χ0v) is 9.77. The first kappa shape index (κ1) is 12.2. The van der Waals surface area contributed by atoms with E-state index in [1.807, 2.05) is 16.9 Å². The summed E-state index contributed by atoms with van der Waals surface area (Å²) >= 11 is 0. The van der Waals surface area contributed by atoms with Crippen LogP contribution in [0.15, 0.2) is 12.3 Å². The quantitative estimate of drug-likeness (QED) is 0.746. The van der Waals surface area contributed by atoms with Crippen molar-refractivity contribution in [2.24, 2.45) is 0 Å². The molecule has 2 N–H and O–H groups in total. The summed E-state index contributed by atoms with van der Waals surface area (Å²) in [5.41, 5.74) is 1.02. The van der Waals surface area contributed by atoms with Gasteiger partial charge in [-0.05, 0) is 26.3 Å². The standard InChI is InChI=1S/C11H21N3O/c1-4-9(2)14-6-5-11(13-14)8-12-7-10(3)15/h5-6,9-10,12,15H,4,7-8H2,1-3H3. The molecule has 0 aliphatic rings. The lowest BCUT2D eigenvalue weighted by molar-refractivity contribution is 0.191. The van der Waals surface area contributed by atoms with Crippen molar-refractivity contribution >= 4 is 0 Å². The van der Waals surface area contributed by atoms with Crippen LogP contribution in [0.2, 0.25) is 0 Å². The molecular weight excluding hydrogens is 190 g/mol. The third-order valence-corrected chi connectivity index (χ3v) is 2.45. The van der Waals surface area contributed by atoms with Crippen molar-refractivity contribution in [3.8, 4) is 0 Å². The Morgan fingerprint density at radius 2 is 2.27 bits per heavy atom. The van der Waals surface area contributed by atoms with E-state index in [2.05, 4.69) is 24.3 Å². The number of nitrogens with one attached hydrogen (secondary N) is 1. The molecule has 15 heavy (non-hydrogen) atoms. The summed E-state index contributed by atoms with van der Waals surface area (Å²) < 4.78 is 1.99. The van der Waals surface area contributed by atoms with Crippen molar-refractivity contribution in [2.45, 2.75) is 45.9 Å². The number of aliphatic hydroxyl groups excluding tert-OH is 1.